The van der Waals surface area contributed by atoms with Gasteiger partial charge in [-0.3, -0.25) is 9.59 Å². The van der Waals surface area contributed by atoms with Gasteiger partial charge in [-0.25, -0.2) is 4.68 Å². The minimum absolute atomic E-state index is 0.0136. The Bertz CT molecular complexity index is 522. The molecule has 1 fully saturated rings. The molecule has 1 saturated heterocycles. The van der Waals surface area contributed by atoms with Crippen LogP contribution in [-0.2, 0) is 11.3 Å². The van der Waals surface area contributed by atoms with Gasteiger partial charge in [0, 0.05) is 39.3 Å². The summed E-state index contributed by atoms with van der Waals surface area (Å²) >= 11 is 0. The molecule has 1 aromatic heterocycles. The molecule has 0 bridgehead atoms. The summed E-state index contributed by atoms with van der Waals surface area (Å²) in [4.78, 5) is 27.6. The molecule has 0 aliphatic carbocycles. The third-order valence-corrected chi connectivity index (χ3v) is 3.50. The number of nitrogens with zero attached hydrogens (tertiary/aromatic N) is 4. The molecule has 7 heteroatoms. The lowest BCUT2D eigenvalue weighted by Gasteiger charge is -2.18. The van der Waals surface area contributed by atoms with E-state index < -0.39 is 0 Å². The van der Waals surface area contributed by atoms with Crippen LogP contribution in [0.25, 0.3) is 0 Å². The van der Waals surface area contributed by atoms with Gasteiger partial charge < -0.3 is 15.5 Å². The summed E-state index contributed by atoms with van der Waals surface area (Å²) in [5, 5.41) is 4.07. The smallest absolute Gasteiger partial charge is 0.269 e. The van der Waals surface area contributed by atoms with E-state index in [0.29, 0.717) is 18.8 Å². The molecule has 110 valence electrons. The Hall–Kier alpha value is -1.89. The zero-order valence-electron chi connectivity index (χ0n) is 11.8. The molecule has 0 unspecified atom stereocenters. The monoisotopic (exact) mass is 279 g/mol. The summed E-state index contributed by atoms with van der Waals surface area (Å²) in [6.45, 7) is 2.74. The minimum Gasteiger partial charge on any atom is -0.372 e. The molecule has 2 heterocycles. The van der Waals surface area contributed by atoms with Crippen LogP contribution in [0, 0.1) is 0 Å². The van der Waals surface area contributed by atoms with Crippen molar-refractivity contribution < 1.29 is 4.79 Å². The van der Waals surface area contributed by atoms with E-state index in [1.807, 2.05) is 11.9 Å². The van der Waals surface area contributed by atoms with Crippen LogP contribution in [0.4, 0.5) is 5.69 Å². The number of aromatic nitrogens is 2. The lowest BCUT2D eigenvalue weighted by molar-refractivity contribution is -0.131. The fraction of sp³-hybridized carbons (Fsp3) is 0.615. The molecular formula is C13H21N5O2. The van der Waals surface area contributed by atoms with Gasteiger partial charge in [0.1, 0.15) is 6.54 Å². The average molecular weight is 279 g/mol. The van der Waals surface area contributed by atoms with Crippen LogP contribution in [0.15, 0.2) is 17.1 Å². The summed E-state index contributed by atoms with van der Waals surface area (Å²) in [7, 11) is 1.85. The second kappa shape index (κ2) is 6.51. The van der Waals surface area contributed by atoms with Gasteiger partial charge in [0.25, 0.3) is 5.56 Å². The zero-order valence-corrected chi connectivity index (χ0v) is 11.8. The van der Waals surface area contributed by atoms with Gasteiger partial charge in [-0.1, -0.05) is 0 Å². The number of likely N-dealkylation sites (N-methyl/N-ethyl adjacent to an activating group) is 1. The van der Waals surface area contributed by atoms with E-state index in [1.54, 1.807) is 11.1 Å². The summed E-state index contributed by atoms with van der Waals surface area (Å²) < 4.78 is 1.21. The summed E-state index contributed by atoms with van der Waals surface area (Å²) in [5.41, 5.74) is 5.92. The molecule has 7 nitrogen and oxygen atoms in total. The third kappa shape index (κ3) is 3.36. The Balaban J connectivity index is 2.05. The predicted octanol–water partition coefficient (Wildman–Crippen LogP) is -0.739. The Labute approximate surface area is 118 Å². The van der Waals surface area contributed by atoms with Gasteiger partial charge in [-0.05, 0) is 12.8 Å². The number of anilines is 1. The van der Waals surface area contributed by atoms with Gasteiger partial charge >= 0.3 is 0 Å². The van der Waals surface area contributed by atoms with Crippen molar-refractivity contribution in [3.8, 4) is 0 Å². The highest BCUT2D eigenvalue weighted by molar-refractivity contribution is 5.76. The van der Waals surface area contributed by atoms with Crippen molar-refractivity contribution in [1.29, 1.82) is 0 Å². The van der Waals surface area contributed by atoms with Gasteiger partial charge in [-0.2, -0.15) is 5.10 Å². The maximum absolute atomic E-state index is 12.0. The molecular weight excluding hydrogens is 258 g/mol. The van der Waals surface area contributed by atoms with E-state index in [1.165, 1.54) is 10.7 Å². The molecule has 1 aliphatic heterocycles. The van der Waals surface area contributed by atoms with Gasteiger partial charge in [0.2, 0.25) is 5.91 Å². The first-order valence-electron chi connectivity index (χ1n) is 6.88. The SMILES string of the molecule is CN(CCN)c1cnn(CC(=O)N2CCCC2)c(=O)c1. The van der Waals surface area contributed by atoms with E-state index in [9.17, 15) is 9.59 Å². The van der Waals surface area contributed by atoms with Crippen molar-refractivity contribution in [3.63, 3.8) is 0 Å². The van der Waals surface area contributed by atoms with Gasteiger partial charge in [-0.15, -0.1) is 0 Å². The first-order valence-corrected chi connectivity index (χ1v) is 6.88. The Kier molecular flexibility index (Phi) is 4.73. The van der Waals surface area contributed by atoms with E-state index in [2.05, 4.69) is 5.10 Å². The molecule has 1 aromatic rings. The number of amides is 1. The maximum atomic E-state index is 12.0. The molecule has 0 radical (unpaired) electrons. The molecule has 2 rings (SSSR count). The summed E-state index contributed by atoms with van der Waals surface area (Å²) in [6.07, 6.45) is 3.67. The fourth-order valence-corrected chi connectivity index (χ4v) is 2.27. The Morgan fingerprint density at radius 1 is 1.45 bits per heavy atom. The fourth-order valence-electron chi connectivity index (χ4n) is 2.27. The van der Waals surface area contributed by atoms with Crippen LogP contribution in [0.1, 0.15) is 12.8 Å². The molecule has 1 aliphatic rings. The summed E-state index contributed by atoms with van der Waals surface area (Å²) in [6, 6.07) is 1.49. The number of carbonyl (C=O) groups excluding carboxylic acids is 1. The van der Waals surface area contributed by atoms with Gasteiger partial charge in [0.05, 0.1) is 11.9 Å². The standard InChI is InChI=1S/C13H21N5O2/c1-16(7-4-14)11-8-12(19)18(15-9-11)10-13(20)17-5-2-3-6-17/h8-9H,2-7,10,14H2,1H3. The normalized spacial score (nSPS) is 14.6. The highest BCUT2D eigenvalue weighted by atomic mass is 16.2. The lowest BCUT2D eigenvalue weighted by Crippen LogP contribution is -2.36. The molecule has 2 N–H and O–H groups in total. The minimum atomic E-state index is -0.265. The first-order chi connectivity index (χ1) is 9.61. The van der Waals surface area contributed by atoms with Crippen molar-refractivity contribution in [2.75, 3.05) is 38.1 Å². The van der Waals surface area contributed by atoms with E-state index in [4.69, 9.17) is 5.73 Å². The lowest BCUT2D eigenvalue weighted by atomic mass is 10.4. The van der Waals surface area contributed by atoms with Crippen molar-refractivity contribution in [1.82, 2.24) is 14.7 Å². The number of rotatable bonds is 5. The van der Waals surface area contributed by atoms with Crippen LogP contribution < -0.4 is 16.2 Å². The number of carbonyl (C=O) groups is 1. The zero-order chi connectivity index (χ0) is 14.5. The van der Waals surface area contributed by atoms with Crippen LogP contribution >= 0.6 is 0 Å². The summed E-state index contributed by atoms with van der Waals surface area (Å²) in [5.74, 6) is -0.0415. The highest BCUT2D eigenvalue weighted by Gasteiger charge is 2.18. The van der Waals surface area contributed by atoms with Crippen LogP contribution in [0.2, 0.25) is 0 Å². The number of hydrogen-bond acceptors (Lipinski definition) is 5. The molecule has 1 amide bonds. The second-order valence-corrected chi connectivity index (χ2v) is 5.01. The van der Waals surface area contributed by atoms with Crippen LogP contribution in [0.3, 0.4) is 0 Å². The van der Waals surface area contributed by atoms with Crippen LogP contribution in [-0.4, -0.2) is 53.8 Å². The predicted molar refractivity (Wildman–Crippen MR) is 76.6 cm³/mol. The van der Waals surface area contributed by atoms with Crippen molar-refractivity contribution in [2.45, 2.75) is 19.4 Å². The van der Waals surface area contributed by atoms with E-state index >= 15 is 0 Å². The number of likely N-dealkylation sites (tertiary alicyclic amines) is 1. The molecule has 20 heavy (non-hydrogen) atoms. The second-order valence-electron chi connectivity index (χ2n) is 5.01. The average Bonchev–Trinajstić information content (AvgIpc) is 2.95. The van der Waals surface area contributed by atoms with Crippen molar-refractivity contribution in [3.05, 3.63) is 22.6 Å². The highest BCUT2D eigenvalue weighted by Crippen LogP contribution is 2.08. The molecule has 0 spiro atoms. The number of hydrogen-bond donors (Lipinski definition) is 1. The Morgan fingerprint density at radius 2 is 2.15 bits per heavy atom. The molecule has 0 atom stereocenters. The Morgan fingerprint density at radius 3 is 2.75 bits per heavy atom. The van der Waals surface area contributed by atoms with Crippen molar-refractivity contribution in [2.24, 2.45) is 5.73 Å². The third-order valence-electron chi connectivity index (χ3n) is 3.50. The maximum Gasteiger partial charge on any atom is 0.269 e. The topological polar surface area (TPSA) is 84.5 Å². The van der Waals surface area contributed by atoms with E-state index in [0.717, 1.165) is 25.9 Å². The largest absolute Gasteiger partial charge is 0.372 e. The van der Waals surface area contributed by atoms with Crippen LogP contribution in [0.5, 0.6) is 0 Å². The quantitative estimate of drug-likeness (QED) is 0.767. The molecule has 0 saturated carbocycles. The van der Waals surface area contributed by atoms with Gasteiger partial charge in [0.15, 0.2) is 0 Å². The van der Waals surface area contributed by atoms with Crippen molar-refractivity contribution >= 4 is 11.6 Å². The molecule has 0 aromatic carbocycles. The number of nitrogens with two attached hydrogens (primary N) is 1. The first kappa shape index (κ1) is 14.5. The van der Waals surface area contributed by atoms with E-state index in [-0.39, 0.29) is 18.0 Å².